The van der Waals surface area contributed by atoms with Gasteiger partial charge in [-0.05, 0) is 32.1 Å². The summed E-state index contributed by atoms with van der Waals surface area (Å²) in [6, 6.07) is 4.69. The molecule has 1 heterocycles. The minimum absolute atomic E-state index is 0.0967. The van der Waals surface area contributed by atoms with Crippen LogP contribution < -0.4 is 0 Å². The Kier molecular flexibility index (Phi) is 5.31. The van der Waals surface area contributed by atoms with Crippen LogP contribution in [0.1, 0.15) is 17.5 Å². The van der Waals surface area contributed by atoms with E-state index >= 15 is 0 Å². The Labute approximate surface area is 133 Å². The van der Waals surface area contributed by atoms with Crippen LogP contribution in [0.4, 0.5) is 13.2 Å². The van der Waals surface area contributed by atoms with Gasteiger partial charge in [0.05, 0.1) is 24.6 Å². The summed E-state index contributed by atoms with van der Waals surface area (Å²) in [5.41, 5.74) is -0.427. The summed E-state index contributed by atoms with van der Waals surface area (Å²) >= 11 is 0. The van der Waals surface area contributed by atoms with Crippen molar-refractivity contribution in [3.8, 4) is 0 Å². The number of aliphatic hydroxyl groups excluding tert-OH is 1. The highest BCUT2D eigenvalue weighted by atomic mass is 19.4. The number of benzene rings is 1. The fourth-order valence-electron chi connectivity index (χ4n) is 2.88. The van der Waals surface area contributed by atoms with E-state index in [0.717, 1.165) is 12.1 Å². The number of halogens is 3. The number of carbonyl (C=O) groups is 1. The number of hydrogen-bond donors (Lipinski definition) is 1. The Balaban J connectivity index is 2.10. The Hall–Kier alpha value is -1.60. The molecule has 2 atom stereocenters. The van der Waals surface area contributed by atoms with Crippen LogP contribution in [-0.2, 0) is 17.4 Å². The summed E-state index contributed by atoms with van der Waals surface area (Å²) in [7, 11) is 3.81. The van der Waals surface area contributed by atoms with Gasteiger partial charge in [0.1, 0.15) is 0 Å². The number of nitrogens with zero attached hydrogens (tertiary/aromatic N) is 2. The van der Waals surface area contributed by atoms with Gasteiger partial charge in [0, 0.05) is 12.6 Å². The van der Waals surface area contributed by atoms with E-state index < -0.39 is 11.7 Å². The zero-order valence-corrected chi connectivity index (χ0v) is 13.2. The van der Waals surface area contributed by atoms with Gasteiger partial charge in [-0.3, -0.25) is 4.79 Å². The predicted octanol–water partition coefficient (Wildman–Crippen LogP) is 1.77. The van der Waals surface area contributed by atoms with Crippen LogP contribution >= 0.6 is 0 Å². The van der Waals surface area contributed by atoms with Gasteiger partial charge in [0.2, 0.25) is 5.91 Å². The van der Waals surface area contributed by atoms with E-state index in [4.69, 9.17) is 0 Å². The Morgan fingerprint density at radius 3 is 2.65 bits per heavy atom. The van der Waals surface area contributed by atoms with Gasteiger partial charge in [0.25, 0.3) is 0 Å². The summed E-state index contributed by atoms with van der Waals surface area (Å²) in [6.45, 7) is 0.342. The van der Waals surface area contributed by atoms with Crippen LogP contribution in [0.25, 0.3) is 0 Å². The largest absolute Gasteiger partial charge is 0.416 e. The number of amides is 1. The van der Waals surface area contributed by atoms with Gasteiger partial charge in [0.15, 0.2) is 0 Å². The van der Waals surface area contributed by atoms with Crippen LogP contribution in [-0.4, -0.2) is 60.1 Å². The molecule has 2 rings (SSSR count). The van der Waals surface area contributed by atoms with E-state index in [1.165, 1.54) is 12.1 Å². The summed E-state index contributed by atoms with van der Waals surface area (Å²) in [6.07, 6.45) is -3.85. The third-order valence-electron chi connectivity index (χ3n) is 4.26. The van der Waals surface area contributed by atoms with Gasteiger partial charge in [-0.25, -0.2) is 0 Å². The fraction of sp³-hybridized carbons (Fsp3) is 0.562. The van der Waals surface area contributed by atoms with E-state index in [2.05, 4.69) is 0 Å². The third kappa shape index (κ3) is 4.23. The maximum absolute atomic E-state index is 12.7. The lowest BCUT2D eigenvalue weighted by molar-refractivity contribution is -0.138. The molecule has 1 aliphatic rings. The molecule has 128 valence electrons. The number of likely N-dealkylation sites (tertiary alicyclic amines) is 1. The van der Waals surface area contributed by atoms with Crippen molar-refractivity contribution in [3.05, 3.63) is 35.4 Å². The first kappa shape index (κ1) is 17.7. The van der Waals surface area contributed by atoms with Gasteiger partial charge in [-0.2, -0.15) is 13.2 Å². The monoisotopic (exact) mass is 330 g/mol. The molecule has 4 nitrogen and oxygen atoms in total. The molecule has 1 fully saturated rings. The van der Waals surface area contributed by atoms with Crippen molar-refractivity contribution in [1.82, 2.24) is 9.80 Å². The lowest BCUT2D eigenvalue weighted by Crippen LogP contribution is -2.39. The second kappa shape index (κ2) is 6.88. The van der Waals surface area contributed by atoms with Gasteiger partial charge >= 0.3 is 6.18 Å². The van der Waals surface area contributed by atoms with Crippen molar-refractivity contribution in [2.75, 3.05) is 27.2 Å². The van der Waals surface area contributed by atoms with Crippen LogP contribution in [0, 0.1) is 0 Å². The molecule has 0 unspecified atom stereocenters. The molecule has 7 heteroatoms. The first-order valence-corrected chi connectivity index (χ1v) is 7.45. The molecule has 1 aromatic rings. The minimum atomic E-state index is -4.42. The standard InChI is InChI=1S/C16H21F3N2O2/c1-20(2)13-8-14(10-22)21(9-13)15(23)7-11-4-3-5-12(6-11)16(17,18)19/h3-6,13-14,22H,7-10H2,1-2H3/t13-,14+/m1/s1. The maximum atomic E-state index is 12.7. The normalized spacial score (nSPS) is 22.0. The number of hydrogen-bond acceptors (Lipinski definition) is 3. The average molecular weight is 330 g/mol. The summed E-state index contributed by atoms with van der Waals surface area (Å²) in [5.74, 6) is -0.257. The molecule has 1 N–H and O–H groups in total. The highest BCUT2D eigenvalue weighted by molar-refractivity contribution is 5.79. The number of carbonyl (C=O) groups excluding carboxylic acids is 1. The van der Waals surface area contributed by atoms with Crippen molar-refractivity contribution < 1.29 is 23.1 Å². The Bertz CT molecular complexity index is 561. The highest BCUT2D eigenvalue weighted by Crippen LogP contribution is 2.30. The maximum Gasteiger partial charge on any atom is 0.416 e. The zero-order valence-electron chi connectivity index (χ0n) is 13.2. The number of likely N-dealkylation sites (N-methyl/N-ethyl adjacent to an activating group) is 1. The molecule has 1 aromatic carbocycles. The molecule has 0 saturated carbocycles. The van der Waals surface area contributed by atoms with E-state index in [0.29, 0.717) is 18.5 Å². The molecule has 0 spiro atoms. The first-order chi connectivity index (χ1) is 10.7. The summed E-state index contributed by atoms with van der Waals surface area (Å²) in [4.78, 5) is 16.0. The molecular weight excluding hydrogens is 309 g/mol. The van der Waals surface area contributed by atoms with Crippen LogP contribution in [0.2, 0.25) is 0 Å². The van der Waals surface area contributed by atoms with Crippen LogP contribution in [0.3, 0.4) is 0 Å². The molecule has 1 aliphatic heterocycles. The zero-order chi connectivity index (χ0) is 17.2. The van der Waals surface area contributed by atoms with E-state index in [1.807, 2.05) is 19.0 Å². The molecule has 0 bridgehead atoms. The SMILES string of the molecule is CN(C)[C@@H]1C[C@@H](CO)N(C(=O)Cc2cccc(C(F)(F)F)c2)C1. The minimum Gasteiger partial charge on any atom is -0.394 e. The topological polar surface area (TPSA) is 43.8 Å². The Morgan fingerprint density at radius 1 is 1.39 bits per heavy atom. The lowest BCUT2D eigenvalue weighted by Gasteiger charge is -2.23. The lowest BCUT2D eigenvalue weighted by atomic mass is 10.1. The molecule has 0 aromatic heterocycles. The van der Waals surface area contributed by atoms with Crippen molar-refractivity contribution in [2.45, 2.75) is 31.1 Å². The second-order valence-corrected chi connectivity index (χ2v) is 6.11. The molecule has 1 saturated heterocycles. The van der Waals surface area contributed by atoms with E-state index in [9.17, 15) is 23.1 Å². The second-order valence-electron chi connectivity index (χ2n) is 6.11. The van der Waals surface area contributed by atoms with Gasteiger partial charge in [-0.1, -0.05) is 18.2 Å². The van der Waals surface area contributed by atoms with Crippen molar-refractivity contribution in [3.63, 3.8) is 0 Å². The Morgan fingerprint density at radius 2 is 2.09 bits per heavy atom. The quantitative estimate of drug-likeness (QED) is 0.915. The van der Waals surface area contributed by atoms with Gasteiger partial charge in [-0.15, -0.1) is 0 Å². The van der Waals surface area contributed by atoms with E-state index in [-0.39, 0.29) is 31.0 Å². The summed E-state index contributed by atoms with van der Waals surface area (Å²) in [5, 5.41) is 9.44. The number of alkyl halides is 3. The smallest absolute Gasteiger partial charge is 0.394 e. The summed E-state index contributed by atoms with van der Waals surface area (Å²) < 4.78 is 38.2. The molecule has 1 amide bonds. The fourth-order valence-corrected chi connectivity index (χ4v) is 2.88. The molecular formula is C16H21F3N2O2. The van der Waals surface area contributed by atoms with Crippen molar-refractivity contribution in [1.29, 1.82) is 0 Å². The molecule has 0 radical (unpaired) electrons. The number of aliphatic hydroxyl groups is 1. The van der Waals surface area contributed by atoms with Crippen molar-refractivity contribution >= 4 is 5.91 Å². The molecule has 23 heavy (non-hydrogen) atoms. The predicted molar refractivity (Wildman–Crippen MR) is 79.8 cm³/mol. The van der Waals surface area contributed by atoms with Crippen LogP contribution in [0.15, 0.2) is 24.3 Å². The van der Waals surface area contributed by atoms with E-state index in [1.54, 1.807) is 4.90 Å². The van der Waals surface area contributed by atoms with Gasteiger partial charge < -0.3 is 14.9 Å². The average Bonchev–Trinajstić information content (AvgIpc) is 2.91. The molecule has 0 aliphatic carbocycles. The third-order valence-corrected chi connectivity index (χ3v) is 4.26. The first-order valence-electron chi connectivity index (χ1n) is 7.45. The van der Waals surface area contributed by atoms with Crippen LogP contribution in [0.5, 0.6) is 0 Å². The number of rotatable bonds is 4. The van der Waals surface area contributed by atoms with Crippen molar-refractivity contribution in [2.24, 2.45) is 0 Å². The highest BCUT2D eigenvalue weighted by Gasteiger charge is 2.36.